The number of hydrogen-bond donors (Lipinski definition) is 1. The van der Waals surface area contributed by atoms with E-state index in [0.717, 1.165) is 25.7 Å². The van der Waals surface area contributed by atoms with Crippen LogP contribution in [0.4, 0.5) is 11.4 Å². The van der Waals surface area contributed by atoms with Gasteiger partial charge in [0.1, 0.15) is 17.0 Å². The molecule has 1 aliphatic rings. The van der Waals surface area contributed by atoms with Crippen molar-refractivity contribution in [2.45, 2.75) is 38.1 Å². The van der Waals surface area contributed by atoms with Crippen LogP contribution in [0.3, 0.4) is 0 Å². The lowest BCUT2D eigenvalue weighted by molar-refractivity contribution is -0.384. The summed E-state index contributed by atoms with van der Waals surface area (Å²) in [6.45, 7) is 0. The van der Waals surface area contributed by atoms with Crippen LogP contribution < -0.4 is 5.32 Å². The van der Waals surface area contributed by atoms with Gasteiger partial charge in [-0.1, -0.05) is 30.9 Å². The molecule has 0 atom stereocenters. The zero-order chi connectivity index (χ0) is 13.1. The summed E-state index contributed by atoms with van der Waals surface area (Å²) in [7, 11) is 0. The van der Waals surface area contributed by atoms with Crippen LogP contribution >= 0.6 is 27.5 Å². The summed E-state index contributed by atoms with van der Waals surface area (Å²) in [5.41, 5.74) is 0.392. The summed E-state index contributed by atoms with van der Waals surface area (Å²) in [5, 5.41) is 14.5. The summed E-state index contributed by atoms with van der Waals surface area (Å²) in [6.07, 6.45) is 6.80. The van der Waals surface area contributed by atoms with E-state index in [1.807, 2.05) is 0 Å². The van der Waals surface area contributed by atoms with Crippen molar-refractivity contribution in [3.8, 4) is 0 Å². The third-order valence-electron chi connectivity index (χ3n) is 3.11. The normalized spacial score (nSPS) is 16.6. The highest BCUT2D eigenvalue weighted by molar-refractivity contribution is 9.10. The lowest BCUT2D eigenvalue weighted by Crippen LogP contribution is -2.23. The monoisotopic (exact) mass is 333 g/mol. The van der Waals surface area contributed by atoms with E-state index in [2.05, 4.69) is 26.2 Å². The Morgan fingerprint density at radius 3 is 2.72 bits per heavy atom. The minimum atomic E-state index is -0.445. The molecular weight excluding hydrogens is 321 g/mol. The predicted molar refractivity (Wildman–Crippen MR) is 74.1 cm³/mol. The fraction of sp³-hybridized carbons (Fsp3) is 0.545. The van der Waals surface area contributed by atoms with Crippen molar-refractivity contribution in [1.82, 2.24) is 4.98 Å². The van der Waals surface area contributed by atoms with Gasteiger partial charge in [-0.25, -0.2) is 4.98 Å². The van der Waals surface area contributed by atoms with Crippen molar-refractivity contribution >= 4 is 38.9 Å². The number of nitro groups is 1. The lowest BCUT2D eigenvalue weighted by Gasteiger charge is -2.24. The third-order valence-corrected chi connectivity index (χ3v) is 4.39. The molecule has 1 aliphatic carbocycles. The molecule has 0 spiro atoms. The highest BCUT2D eigenvalue weighted by atomic mass is 79.9. The van der Waals surface area contributed by atoms with Crippen LogP contribution in [0.5, 0.6) is 0 Å². The van der Waals surface area contributed by atoms with Gasteiger partial charge in [0.25, 0.3) is 0 Å². The van der Waals surface area contributed by atoms with E-state index < -0.39 is 4.92 Å². The highest BCUT2D eigenvalue weighted by Crippen LogP contribution is 2.37. The molecule has 1 heterocycles. The van der Waals surface area contributed by atoms with Crippen LogP contribution in [0.25, 0.3) is 0 Å². The molecule has 0 unspecified atom stereocenters. The quantitative estimate of drug-likeness (QED) is 0.512. The maximum atomic E-state index is 11.0. The van der Waals surface area contributed by atoms with E-state index in [-0.39, 0.29) is 16.9 Å². The lowest BCUT2D eigenvalue weighted by atomic mass is 9.95. The highest BCUT2D eigenvalue weighted by Gasteiger charge is 2.23. The van der Waals surface area contributed by atoms with E-state index in [0.29, 0.717) is 10.2 Å². The molecule has 1 aromatic rings. The first kappa shape index (κ1) is 13.5. The molecule has 0 aliphatic heterocycles. The number of halogens is 2. The second kappa shape index (κ2) is 5.84. The van der Waals surface area contributed by atoms with Gasteiger partial charge >= 0.3 is 5.69 Å². The average molecular weight is 335 g/mol. The standard InChI is InChI=1S/C11H13BrClN3O2/c12-9-10(15-7-4-2-1-3-5-7)8(16(17)18)6-14-11(9)13/h6-7H,1-5H2,(H,14,15). The molecule has 0 aromatic carbocycles. The van der Waals surface area contributed by atoms with Crippen molar-refractivity contribution in [3.05, 3.63) is 25.9 Å². The van der Waals surface area contributed by atoms with Crippen LogP contribution in [0, 0.1) is 10.1 Å². The smallest absolute Gasteiger partial charge is 0.311 e. The van der Waals surface area contributed by atoms with Gasteiger partial charge in [-0.2, -0.15) is 0 Å². The molecule has 5 nitrogen and oxygen atoms in total. The predicted octanol–water partition coefficient (Wildman–Crippen LogP) is 4.15. The number of hydrogen-bond acceptors (Lipinski definition) is 4. The SMILES string of the molecule is O=[N+]([O-])c1cnc(Cl)c(Br)c1NC1CCCCC1. The molecule has 1 fully saturated rings. The minimum Gasteiger partial charge on any atom is -0.376 e. The number of pyridine rings is 1. The van der Waals surface area contributed by atoms with E-state index in [9.17, 15) is 10.1 Å². The number of nitrogens with zero attached hydrogens (tertiary/aromatic N) is 2. The summed E-state index contributed by atoms with van der Waals surface area (Å²) in [4.78, 5) is 14.3. The van der Waals surface area contributed by atoms with Gasteiger partial charge in [0.2, 0.25) is 0 Å². The van der Waals surface area contributed by atoms with Gasteiger partial charge in [-0.05, 0) is 28.8 Å². The van der Waals surface area contributed by atoms with Gasteiger partial charge in [-0.3, -0.25) is 10.1 Å². The van der Waals surface area contributed by atoms with Crippen LogP contribution in [-0.2, 0) is 0 Å². The molecule has 1 aromatic heterocycles. The molecule has 0 bridgehead atoms. The van der Waals surface area contributed by atoms with Crippen molar-refractivity contribution in [2.24, 2.45) is 0 Å². The van der Waals surface area contributed by atoms with Crippen molar-refractivity contribution in [2.75, 3.05) is 5.32 Å². The fourth-order valence-corrected chi connectivity index (χ4v) is 2.74. The van der Waals surface area contributed by atoms with E-state index in [1.165, 1.54) is 12.6 Å². The first-order valence-corrected chi connectivity index (χ1v) is 7.01. The van der Waals surface area contributed by atoms with E-state index in [4.69, 9.17) is 11.6 Å². The van der Waals surface area contributed by atoms with Crippen LogP contribution in [0.2, 0.25) is 5.15 Å². The molecular formula is C11H13BrClN3O2. The first-order chi connectivity index (χ1) is 8.59. The number of nitrogens with one attached hydrogen (secondary N) is 1. The Morgan fingerprint density at radius 2 is 2.11 bits per heavy atom. The summed E-state index contributed by atoms with van der Waals surface area (Å²) >= 11 is 9.15. The largest absolute Gasteiger partial charge is 0.376 e. The molecule has 0 amide bonds. The van der Waals surface area contributed by atoms with Gasteiger partial charge in [0.15, 0.2) is 0 Å². The zero-order valence-electron chi connectivity index (χ0n) is 9.66. The third kappa shape index (κ3) is 2.92. The van der Waals surface area contributed by atoms with Gasteiger partial charge in [-0.15, -0.1) is 0 Å². The van der Waals surface area contributed by atoms with Gasteiger partial charge in [0.05, 0.1) is 9.40 Å². The van der Waals surface area contributed by atoms with Crippen LogP contribution in [0.15, 0.2) is 10.7 Å². The molecule has 2 rings (SSSR count). The first-order valence-electron chi connectivity index (χ1n) is 5.84. The van der Waals surface area contributed by atoms with E-state index in [1.54, 1.807) is 0 Å². The second-order valence-corrected chi connectivity index (χ2v) is 5.51. The molecule has 18 heavy (non-hydrogen) atoms. The second-order valence-electron chi connectivity index (χ2n) is 4.36. The van der Waals surface area contributed by atoms with Crippen molar-refractivity contribution in [3.63, 3.8) is 0 Å². The molecule has 0 saturated heterocycles. The number of anilines is 1. The van der Waals surface area contributed by atoms with Gasteiger partial charge < -0.3 is 5.32 Å². The molecule has 1 N–H and O–H groups in total. The average Bonchev–Trinajstić information content (AvgIpc) is 2.36. The summed E-state index contributed by atoms with van der Waals surface area (Å²) in [5.74, 6) is 0. The number of aromatic nitrogens is 1. The zero-order valence-corrected chi connectivity index (χ0v) is 12.0. The summed E-state index contributed by atoms with van der Waals surface area (Å²) < 4.78 is 0.462. The fourth-order valence-electron chi connectivity index (χ4n) is 2.18. The van der Waals surface area contributed by atoms with Crippen LogP contribution in [-0.4, -0.2) is 15.9 Å². The maximum Gasteiger partial charge on any atom is 0.311 e. The molecule has 7 heteroatoms. The maximum absolute atomic E-state index is 11.0. The molecule has 1 saturated carbocycles. The Morgan fingerprint density at radius 1 is 1.44 bits per heavy atom. The Hall–Kier alpha value is -0.880. The topological polar surface area (TPSA) is 68.1 Å². The van der Waals surface area contributed by atoms with Gasteiger partial charge in [0, 0.05) is 6.04 Å². The number of rotatable bonds is 3. The Bertz CT molecular complexity index is 464. The van der Waals surface area contributed by atoms with Crippen LogP contribution in [0.1, 0.15) is 32.1 Å². The molecule has 98 valence electrons. The van der Waals surface area contributed by atoms with E-state index >= 15 is 0 Å². The Kier molecular flexibility index (Phi) is 4.40. The Balaban J connectivity index is 2.29. The molecule has 0 radical (unpaired) electrons. The Labute approximate surface area is 118 Å². The minimum absolute atomic E-state index is 0.0446. The van der Waals surface area contributed by atoms with Crippen molar-refractivity contribution in [1.29, 1.82) is 0 Å². The summed E-state index contributed by atoms with van der Waals surface area (Å²) in [6, 6.07) is 0.271. The van der Waals surface area contributed by atoms with Crippen molar-refractivity contribution < 1.29 is 4.92 Å².